The normalized spacial score (nSPS) is 12.5. The van der Waals surface area contributed by atoms with Gasteiger partial charge < -0.3 is 11.5 Å². The molecule has 1 aromatic rings. The van der Waals surface area contributed by atoms with Gasteiger partial charge in [-0.3, -0.25) is 4.79 Å². The highest BCUT2D eigenvalue weighted by Gasteiger charge is 2.08. The van der Waals surface area contributed by atoms with Crippen molar-refractivity contribution in [3.05, 3.63) is 34.3 Å². The van der Waals surface area contributed by atoms with Crippen molar-refractivity contribution < 1.29 is 4.79 Å². The minimum absolute atomic E-state index is 0.177. The molecule has 4 heteroatoms. The van der Waals surface area contributed by atoms with E-state index in [1.807, 2.05) is 24.3 Å². The van der Waals surface area contributed by atoms with E-state index in [-0.39, 0.29) is 18.4 Å². The zero-order chi connectivity index (χ0) is 9.84. The summed E-state index contributed by atoms with van der Waals surface area (Å²) >= 11 is 3.32. The van der Waals surface area contributed by atoms with E-state index < -0.39 is 0 Å². The number of hydrogen-bond donors (Lipinski definition) is 2. The Kier molecular flexibility index (Phi) is 3.45. The Morgan fingerprint density at radius 3 is 2.77 bits per heavy atom. The van der Waals surface area contributed by atoms with Gasteiger partial charge in [0, 0.05) is 16.9 Å². The van der Waals surface area contributed by atoms with Crippen LogP contribution >= 0.6 is 15.9 Å². The lowest BCUT2D eigenvalue weighted by Gasteiger charge is -2.09. The van der Waals surface area contributed by atoms with Crippen LogP contribution in [0.2, 0.25) is 0 Å². The van der Waals surface area contributed by atoms with Gasteiger partial charge in [-0.05, 0) is 17.7 Å². The summed E-state index contributed by atoms with van der Waals surface area (Å²) < 4.78 is 0.949. The van der Waals surface area contributed by atoms with Gasteiger partial charge in [0.05, 0.1) is 0 Å². The van der Waals surface area contributed by atoms with Crippen molar-refractivity contribution in [3.63, 3.8) is 0 Å². The molecule has 1 rings (SSSR count). The number of benzene rings is 1. The zero-order valence-electron chi connectivity index (χ0n) is 7.03. The molecule has 0 aliphatic carbocycles. The molecule has 0 fully saturated rings. The first-order valence-electron chi connectivity index (χ1n) is 3.89. The van der Waals surface area contributed by atoms with E-state index in [2.05, 4.69) is 15.9 Å². The fourth-order valence-corrected chi connectivity index (χ4v) is 1.49. The van der Waals surface area contributed by atoms with Crippen LogP contribution in [0.3, 0.4) is 0 Å². The van der Waals surface area contributed by atoms with Gasteiger partial charge in [0.15, 0.2) is 0 Å². The van der Waals surface area contributed by atoms with Gasteiger partial charge in [0.2, 0.25) is 5.91 Å². The summed E-state index contributed by atoms with van der Waals surface area (Å²) in [6, 6.07) is 7.22. The number of halogens is 1. The quantitative estimate of drug-likeness (QED) is 0.840. The van der Waals surface area contributed by atoms with E-state index in [0.29, 0.717) is 0 Å². The van der Waals surface area contributed by atoms with Crippen molar-refractivity contribution in [2.45, 2.75) is 12.5 Å². The maximum absolute atomic E-state index is 10.6. The van der Waals surface area contributed by atoms with Crippen molar-refractivity contribution in [3.8, 4) is 0 Å². The molecule has 13 heavy (non-hydrogen) atoms. The first-order chi connectivity index (χ1) is 6.09. The van der Waals surface area contributed by atoms with Gasteiger partial charge >= 0.3 is 0 Å². The molecule has 1 atom stereocenters. The van der Waals surface area contributed by atoms with Crippen molar-refractivity contribution in [1.29, 1.82) is 0 Å². The number of carbonyl (C=O) groups is 1. The van der Waals surface area contributed by atoms with Gasteiger partial charge in [-0.15, -0.1) is 0 Å². The number of hydrogen-bond acceptors (Lipinski definition) is 2. The summed E-state index contributed by atoms with van der Waals surface area (Å²) in [7, 11) is 0. The molecule has 1 aromatic carbocycles. The SMILES string of the molecule is NC(=O)CC(N)c1cccc(Br)c1. The third-order valence-corrected chi connectivity index (χ3v) is 2.19. The Hall–Kier alpha value is -0.870. The highest BCUT2D eigenvalue weighted by molar-refractivity contribution is 9.10. The van der Waals surface area contributed by atoms with Crippen molar-refractivity contribution in [2.24, 2.45) is 11.5 Å². The van der Waals surface area contributed by atoms with E-state index in [4.69, 9.17) is 11.5 Å². The molecule has 0 aliphatic heterocycles. The molecule has 0 spiro atoms. The molecular weight excluding hydrogens is 232 g/mol. The summed E-state index contributed by atoms with van der Waals surface area (Å²) in [5, 5.41) is 0. The summed E-state index contributed by atoms with van der Waals surface area (Å²) in [6.07, 6.45) is 0.177. The smallest absolute Gasteiger partial charge is 0.219 e. The predicted octanol–water partition coefficient (Wildman–Crippen LogP) is 1.32. The van der Waals surface area contributed by atoms with Crippen LogP contribution < -0.4 is 11.5 Å². The topological polar surface area (TPSA) is 69.1 Å². The maximum atomic E-state index is 10.6. The van der Waals surface area contributed by atoms with Crippen LogP contribution in [0.1, 0.15) is 18.0 Å². The van der Waals surface area contributed by atoms with Gasteiger partial charge in [0.1, 0.15) is 0 Å². The molecule has 0 saturated carbocycles. The molecule has 0 heterocycles. The number of amides is 1. The molecule has 1 unspecified atom stereocenters. The van der Waals surface area contributed by atoms with E-state index in [1.54, 1.807) is 0 Å². The number of primary amides is 1. The first kappa shape index (κ1) is 10.2. The summed E-state index contributed by atoms with van der Waals surface area (Å²) in [6.45, 7) is 0. The van der Waals surface area contributed by atoms with Gasteiger partial charge in [0.25, 0.3) is 0 Å². The number of nitrogens with two attached hydrogens (primary N) is 2. The summed E-state index contributed by atoms with van der Waals surface area (Å²) in [5.41, 5.74) is 11.7. The molecule has 0 bridgehead atoms. The third kappa shape index (κ3) is 3.16. The van der Waals surface area contributed by atoms with Crippen LogP contribution in [-0.2, 0) is 4.79 Å². The second-order valence-corrected chi connectivity index (χ2v) is 3.75. The molecular formula is C9H11BrN2O. The van der Waals surface area contributed by atoms with E-state index in [9.17, 15) is 4.79 Å². The molecule has 0 saturated heterocycles. The van der Waals surface area contributed by atoms with Crippen LogP contribution in [0.4, 0.5) is 0 Å². The zero-order valence-corrected chi connectivity index (χ0v) is 8.62. The van der Waals surface area contributed by atoms with Crippen molar-refractivity contribution in [2.75, 3.05) is 0 Å². The molecule has 70 valence electrons. The Morgan fingerprint density at radius 2 is 2.23 bits per heavy atom. The van der Waals surface area contributed by atoms with Gasteiger partial charge in [-0.2, -0.15) is 0 Å². The molecule has 0 aromatic heterocycles. The number of rotatable bonds is 3. The minimum Gasteiger partial charge on any atom is -0.370 e. The lowest BCUT2D eigenvalue weighted by atomic mass is 10.1. The Morgan fingerprint density at radius 1 is 1.54 bits per heavy atom. The molecule has 3 nitrogen and oxygen atoms in total. The van der Waals surface area contributed by atoms with E-state index >= 15 is 0 Å². The Labute approximate surface area is 85.2 Å². The van der Waals surface area contributed by atoms with E-state index in [1.165, 1.54) is 0 Å². The lowest BCUT2D eigenvalue weighted by molar-refractivity contribution is -0.118. The average molecular weight is 243 g/mol. The first-order valence-corrected chi connectivity index (χ1v) is 4.68. The third-order valence-electron chi connectivity index (χ3n) is 1.70. The van der Waals surface area contributed by atoms with Crippen LogP contribution in [-0.4, -0.2) is 5.91 Å². The molecule has 0 aliphatic rings. The fraction of sp³-hybridized carbons (Fsp3) is 0.222. The van der Waals surface area contributed by atoms with Crippen LogP contribution in [0, 0.1) is 0 Å². The molecule has 4 N–H and O–H groups in total. The standard InChI is InChI=1S/C9H11BrN2O/c10-7-3-1-2-6(4-7)8(11)5-9(12)13/h1-4,8H,5,11H2,(H2,12,13). The second-order valence-electron chi connectivity index (χ2n) is 2.83. The monoisotopic (exact) mass is 242 g/mol. The minimum atomic E-state index is -0.382. The van der Waals surface area contributed by atoms with Gasteiger partial charge in [-0.25, -0.2) is 0 Å². The number of carbonyl (C=O) groups excluding carboxylic acids is 1. The maximum Gasteiger partial charge on any atom is 0.219 e. The fourth-order valence-electron chi connectivity index (χ4n) is 1.07. The molecule has 1 amide bonds. The summed E-state index contributed by atoms with van der Waals surface area (Å²) in [4.78, 5) is 10.6. The molecule has 0 radical (unpaired) electrons. The van der Waals surface area contributed by atoms with Crippen molar-refractivity contribution >= 4 is 21.8 Å². The largest absolute Gasteiger partial charge is 0.370 e. The average Bonchev–Trinajstić information content (AvgIpc) is 2.03. The summed E-state index contributed by atoms with van der Waals surface area (Å²) in [5.74, 6) is -0.382. The second kappa shape index (κ2) is 4.39. The van der Waals surface area contributed by atoms with Crippen LogP contribution in [0.15, 0.2) is 28.7 Å². The van der Waals surface area contributed by atoms with Gasteiger partial charge in [-0.1, -0.05) is 28.1 Å². The van der Waals surface area contributed by atoms with Crippen LogP contribution in [0.25, 0.3) is 0 Å². The van der Waals surface area contributed by atoms with E-state index in [0.717, 1.165) is 10.0 Å². The van der Waals surface area contributed by atoms with Crippen molar-refractivity contribution in [1.82, 2.24) is 0 Å². The van der Waals surface area contributed by atoms with Crippen LogP contribution in [0.5, 0.6) is 0 Å². The highest BCUT2D eigenvalue weighted by atomic mass is 79.9. The Bertz CT molecular complexity index is 314. The lowest BCUT2D eigenvalue weighted by Crippen LogP contribution is -2.20. The Balaban J connectivity index is 2.76. The highest BCUT2D eigenvalue weighted by Crippen LogP contribution is 2.18. The predicted molar refractivity (Wildman–Crippen MR) is 54.9 cm³/mol.